The van der Waals surface area contributed by atoms with E-state index in [1.54, 1.807) is 4.68 Å². The molecule has 2 rings (SSSR count). The fourth-order valence-corrected chi connectivity index (χ4v) is 1.74. The van der Waals surface area contributed by atoms with Gasteiger partial charge in [0.1, 0.15) is 6.33 Å². The molecular formula is C12H15N5O2. The Kier molecular flexibility index (Phi) is 4.07. The molecule has 2 N–H and O–H groups in total. The standard InChI is InChI=1S/C12H15N5O2/c1-9(6-7-12(18)19)14-10-4-2-3-5-11(10)17-8-13-15-16-17/h2-5,8-9,14H,6-7H2,1H3,(H,18,19). The maximum absolute atomic E-state index is 10.6. The molecule has 0 aliphatic carbocycles. The predicted molar refractivity (Wildman–Crippen MR) is 69.1 cm³/mol. The van der Waals surface area contributed by atoms with Crippen molar-refractivity contribution < 1.29 is 9.90 Å². The first-order valence-corrected chi connectivity index (χ1v) is 5.97. The van der Waals surface area contributed by atoms with Gasteiger partial charge in [0, 0.05) is 12.5 Å². The number of aromatic nitrogens is 4. The van der Waals surface area contributed by atoms with Gasteiger partial charge >= 0.3 is 5.97 Å². The molecule has 1 heterocycles. The molecule has 1 aromatic carbocycles. The van der Waals surface area contributed by atoms with Crippen molar-refractivity contribution in [3.8, 4) is 5.69 Å². The molecule has 1 aromatic heterocycles. The summed E-state index contributed by atoms with van der Waals surface area (Å²) < 4.78 is 1.56. The van der Waals surface area contributed by atoms with Gasteiger partial charge in [-0.05, 0) is 35.9 Å². The summed E-state index contributed by atoms with van der Waals surface area (Å²) in [4.78, 5) is 10.6. The van der Waals surface area contributed by atoms with Gasteiger partial charge in [-0.15, -0.1) is 5.10 Å². The highest BCUT2D eigenvalue weighted by atomic mass is 16.4. The molecule has 0 aliphatic rings. The van der Waals surface area contributed by atoms with Gasteiger partial charge in [-0.3, -0.25) is 4.79 Å². The molecular weight excluding hydrogens is 246 g/mol. The van der Waals surface area contributed by atoms with Gasteiger partial charge in [-0.25, -0.2) is 0 Å². The number of nitrogens with zero attached hydrogens (tertiary/aromatic N) is 4. The van der Waals surface area contributed by atoms with E-state index in [4.69, 9.17) is 5.11 Å². The SMILES string of the molecule is CC(CCC(=O)O)Nc1ccccc1-n1cnnn1. The number of carbonyl (C=O) groups is 1. The molecule has 0 aliphatic heterocycles. The Morgan fingerprint density at radius 2 is 2.26 bits per heavy atom. The molecule has 0 bridgehead atoms. The van der Waals surface area contributed by atoms with Gasteiger partial charge in [0.25, 0.3) is 0 Å². The van der Waals surface area contributed by atoms with Crippen LogP contribution in [0.3, 0.4) is 0 Å². The first kappa shape index (κ1) is 13.0. The number of benzene rings is 1. The zero-order chi connectivity index (χ0) is 13.7. The molecule has 0 fully saturated rings. The lowest BCUT2D eigenvalue weighted by molar-refractivity contribution is -0.137. The molecule has 1 unspecified atom stereocenters. The second-order valence-electron chi connectivity index (χ2n) is 4.25. The Morgan fingerprint density at radius 3 is 2.95 bits per heavy atom. The summed E-state index contributed by atoms with van der Waals surface area (Å²) in [5.74, 6) is -0.789. The number of para-hydroxylation sites is 2. The minimum atomic E-state index is -0.789. The number of nitrogens with one attached hydrogen (secondary N) is 1. The Labute approximate surface area is 110 Å². The van der Waals surface area contributed by atoms with Gasteiger partial charge in [0.05, 0.1) is 11.4 Å². The topological polar surface area (TPSA) is 92.9 Å². The molecule has 0 spiro atoms. The smallest absolute Gasteiger partial charge is 0.303 e. The lowest BCUT2D eigenvalue weighted by Crippen LogP contribution is -2.18. The highest BCUT2D eigenvalue weighted by Crippen LogP contribution is 2.20. The number of aliphatic carboxylic acids is 1. The quantitative estimate of drug-likeness (QED) is 0.814. The van der Waals surface area contributed by atoms with Crippen molar-refractivity contribution in [1.82, 2.24) is 20.2 Å². The van der Waals surface area contributed by atoms with Crippen LogP contribution in [0.5, 0.6) is 0 Å². The Morgan fingerprint density at radius 1 is 1.47 bits per heavy atom. The minimum absolute atomic E-state index is 0.0498. The van der Waals surface area contributed by atoms with E-state index < -0.39 is 5.97 Å². The number of carboxylic acid groups (broad SMARTS) is 1. The van der Waals surface area contributed by atoms with E-state index in [0.29, 0.717) is 6.42 Å². The summed E-state index contributed by atoms with van der Waals surface area (Å²) in [6, 6.07) is 7.65. The molecule has 0 saturated carbocycles. The summed E-state index contributed by atoms with van der Waals surface area (Å²) in [5, 5.41) is 23.0. The lowest BCUT2D eigenvalue weighted by Gasteiger charge is -2.16. The van der Waals surface area contributed by atoms with Crippen LogP contribution < -0.4 is 5.32 Å². The number of anilines is 1. The normalized spacial score (nSPS) is 12.1. The van der Waals surface area contributed by atoms with Crippen LogP contribution in [0.1, 0.15) is 19.8 Å². The van der Waals surface area contributed by atoms with Gasteiger partial charge in [-0.2, -0.15) is 4.68 Å². The number of rotatable bonds is 6. The molecule has 1 atom stereocenters. The summed E-state index contributed by atoms with van der Waals surface area (Å²) in [6.45, 7) is 1.94. The summed E-state index contributed by atoms with van der Waals surface area (Å²) in [6.07, 6.45) is 2.21. The van der Waals surface area contributed by atoms with Crippen molar-refractivity contribution in [3.63, 3.8) is 0 Å². The average Bonchev–Trinajstić information content (AvgIpc) is 2.91. The zero-order valence-corrected chi connectivity index (χ0v) is 10.5. The van der Waals surface area contributed by atoms with Crippen molar-refractivity contribution in [2.75, 3.05) is 5.32 Å². The maximum Gasteiger partial charge on any atom is 0.303 e. The van der Waals surface area contributed by atoms with Crippen molar-refractivity contribution >= 4 is 11.7 Å². The van der Waals surface area contributed by atoms with Crippen molar-refractivity contribution in [3.05, 3.63) is 30.6 Å². The number of hydrogen-bond donors (Lipinski definition) is 2. The largest absolute Gasteiger partial charge is 0.481 e. The van der Waals surface area contributed by atoms with E-state index in [9.17, 15) is 4.79 Å². The maximum atomic E-state index is 10.6. The first-order valence-electron chi connectivity index (χ1n) is 5.97. The lowest BCUT2D eigenvalue weighted by atomic mass is 10.1. The zero-order valence-electron chi connectivity index (χ0n) is 10.5. The Bertz CT molecular complexity index is 541. The fourth-order valence-electron chi connectivity index (χ4n) is 1.74. The van der Waals surface area contributed by atoms with Crippen LogP contribution >= 0.6 is 0 Å². The van der Waals surface area contributed by atoms with E-state index in [1.165, 1.54) is 6.33 Å². The summed E-state index contributed by atoms with van der Waals surface area (Å²) in [7, 11) is 0. The van der Waals surface area contributed by atoms with Gasteiger partial charge in [0.2, 0.25) is 0 Å². The second-order valence-corrected chi connectivity index (χ2v) is 4.25. The highest BCUT2D eigenvalue weighted by molar-refractivity contribution is 5.67. The van der Waals surface area contributed by atoms with Crippen LogP contribution in [0.15, 0.2) is 30.6 Å². The van der Waals surface area contributed by atoms with E-state index in [1.807, 2.05) is 31.2 Å². The van der Waals surface area contributed by atoms with Crippen molar-refractivity contribution in [1.29, 1.82) is 0 Å². The molecule has 19 heavy (non-hydrogen) atoms. The van der Waals surface area contributed by atoms with E-state index >= 15 is 0 Å². The minimum Gasteiger partial charge on any atom is -0.481 e. The number of hydrogen-bond acceptors (Lipinski definition) is 5. The van der Waals surface area contributed by atoms with Crippen LogP contribution in [0.2, 0.25) is 0 Å². The average molecular weight is 261 g/mol. The van der Waals surface area contributed by atoms with Crippen LogP contribution in [-0.2, 0) is 4.79 Å². The number of tetrazole rings is 1. The van der Waals surface area contributed by atoms with Gasteiger partial charge < -0.3 is 10.4 Å². The molecule has 0 amide bonds. The van der Waals surface area contributed by atoms with Crippen molar-refractivity contribution in [2.24, 2.45) is 0 Å². The van der Waals surface area contributed by atoms with E-state index in [-0.39, 0.29) is 12.5 Å². The van der Waals surface area contributed by atoms with Crippen molar-refractivity contribution in [2.45, 2.75) is 25.8 Å². The molecule has 0 saturated heterocycles. The molecule has 7 heteroatoms. The molecule has 2 aromatic rings. The monoisotopic (exact) mass is 261 g/mol. The molecule has 0 radical (unpaired) electrons. The van der Waals surface area contributed by atoms with Gasteiger partial charge in [0.15, 0.2) is 0 Å². The van der Waals surface area contributed by atoms with Crippen LogP contribution in [0.4, 0.5) is 5.69 Å². The molecule has 7 nitrogen and oxygen atoms in total. The van der Waals surface area contributed by atoms with Crippen LogP contribution in [-0.4, -0.2) is 37.3 Å². The Hall–Kier alpha value is -2.44. The third kappa shape index (κ3) is 3.51. The van der Waals surface area contributed by atoms with Crippen LogP contribution in [0, 0.1) is 0 Å². The third-order valence-electron chi connectivity index (χ3n) is 2.69. The second kappa shape index (κ2) is 5.94. The van der Waals surface area contributed by atoms with Crippen LogP contribution in [0.25, 0.3) is 5.69 Å². The Balaban J connectivity index is 2.10. The summed E-state index contributed by atoms with van der Waals surface area (Å²) >= 11 is 0. The van der Waals surface area contributed by atoms with E-state index in [0.717, 1.165) is 11.4 Å². The first-order chi connectivity index (χ1) is 9.16. The molecule has 100 valence electrons. The predicted octanol–water partition coefficient (Wildman–Crippen LogP) is 1.33. The summed E-state index contributed by atoms with van der Waals surface area (Å²) in [5.41, 5.74) is 1.70. The highest BCUT2D eigenvalue weighted by Gasteiger charge is 2.09. The fraction of sp³-hybridized carbons (Fsp3) is 0.333. The van der Waals surface area contributed by atoms with Gasteiger partial charge in [-0.1, -0.05) is 12.1 Å². The van der Waals surface area contributed by atoms with E-state index in [2.05, 4.69) is 20.8 Å². The third-order valence-corrected chi connectivity index (χ3v) is 2.69. The number of carboxylic acids is 1.